The van der Waals surface area contributed by atoms with Crippen molar-refractivity contribution in [2.75, 3.05) is 19.6 Å². The number of furan rings is 1. The van der Waals surface area contributed by atoms with Gasteiger partial charge in [0, 0.05) is 13.1 Å². The third kappa shape index (κ3) is 3.41. The van der Waals surface area contributed by atoms with E-state index in [9.17, 15) is 14.0 Å². The van der Waals surface area contributed by atoms with Gasteiger partial charge in [-0.1, -0.05) is 12.1 Å². The Morgan fingerprint density at radius 1 is 1.13 bits per heavy atom. The van der Waals surface area contributed by atoms with Crippen molar-refractivity contribution in [3.05, 3.63) is 48.0 Å². The van der Waals surface area contributed by atoms with Gasteiger partial charge in [0.1, 0.15) is 11.6 Å². The van der Waals surface area contributed by atoms with E-state index < -0.39 is 11.7 Å². The van der Waals surface area contributed by atoms with Crippen LogP contribution in [-0.2, 0) is 4.79 Å². The number of nitrogens with zero attached hydrogens (tertiary/aromatic N) is 1. The molecule has 1 saturated heterocycles. The zero-order chi connectivity index (χ0) is 16.2. The summed E-state index contributed by atoms with van der Waals surface area (Å²) in [5.41, 5.74) is 0.291. The highest BCUT2D eigenvalue weighted by Crippen LogP contribution is 2.24. The van der Waals surface area contributed by atoms with E-state index in [1.807, 2.05) is 0 Å². The summed E-state index contributed by atoms with van der Waals surface area (Å²) in [4.78, 5) is 25.6. The first-order valence-electron chi connectivity index (χ1n) is 7.56. The molecule has 2 aromatic rings. The van der Waals surface area contributed by atoms with Gasteiger partial charge in [-0.2, -0.15) is 0 Å². The van der Waals surface area contributed by atoms with Crippen molar-refractivity contribution in [1.29, 1.82) is 0 Å². The van der Waals surface area contributed by atoms with E-state index >= 15 is 0 Å². The van der Waals surface area contributed by atoms with Crippen LogP contribution in [0.2, 0.25) is 0 Å². The van der Waals surface area contributed by atoms with Crippen molar-refractivity contribution in [3.8, 4) is 11.3 Å². The van der Waals surface area contributed by atoms with Crippen LogP contribution in [0.5, 0.6) is 0 Å². The maximum absolute atomic E-state index is 13.7. The maximum atomic E-state index is 13.7. The molecular formula is C17H17FN2O3. The number of carbonyl (C=O) groups excluding carboxylic acids is 2. The van der Waals surface area contributed by atoms with Gasteiger partial charge in [-0.25, -0.2) is 4.39 Å². The molecule has 2 amide bonds. The van der Waals surface area contributed by atoms with Crippen LogP contribution in [0.25, 0.3) is 11.3 Å². The van der Waals surface area contributed by atoms with E-state index in [1.165, 1.54) is 18.2 Å². The number of carbonyl (C=O) groups is 2. The second kappa shape index (κ2) is 6.64. The first kappa shape index (κ1) is 15.3. The molecule has 0 saturated carbocycles. The normalized spacial score (nSPS) is 14.0. The Morgan fingerprint density at radius 2 is 1.87 bits per heavy atom. The largest absolute Gasteiger partial charge is 0.451 e. The molecule has 2 heterocycles. The molecule has 1 N–H and O–H groups in total. The zero-order valence-electron chi connectivity index (χ0n) is 12.5. The predicted octanol–water partition coefficient (Wildman–Crippen LogP) is 2.44. The summed E-state index contributed by atoms with van der Waals surface area (Å²) in [5.74, 6) is -0.675. The minimum atomic E-state index is -0.486. The number of amides is 2. The van der Waals surface area contributed by atoms with Crippen molar-refractivity contribution >= 4 is 11.8 Å². The summed E-state index contributed by atoms with van der Waals surface area (Å²) in [5, 5.41) is 2.54. The molecule has 3 rings (SSSR count). The van der Waals surface area contributed by atoms with Crippen LogP contribution in [0, 0.1) is 5.82 Å². The van der Waals surface area contributed by atoms with Gasteiger partial charge in [-0.3, -0.25) is 9.59 Å². The highest BCUT2D eigenvalue weighted by molar-refractivity contribution is 5.94. The minimum absolute atomic E-state index is 0.0532. The van der Waals surface area contributed by atoms with Crippen LogP contribution in [-0.4, -0.2) is 36.3 Å². The Balaban J connectivity index is 1.62. The zero-order valence-corrected chi connectivity index (χ0v) is 12.5. The van der Waals surface area contributed by atoms with Gasteiger partial charge in [0.25, 0.3) is 5.91 Å². The first-order chi connectivity index (χ1) is 11.1. The SMILES string of the molecule is O=C(NCC(=O)N1CCCC1)c1ccc(-c2ccccc2F)o1. The number of hydrogen-bond acceptors (Lipinski definition) is 3. The number of nitrogens with one attached hydrogen (secondary N) is 1. The Labute approximate surface area is 133 Å². The summed E-state index contributed by atoms with van der Waals surface area (Å²) in [6.45, 7) is 1.42. The van der Waals surface area contributed by atoms with Crippen molar-refractivity contribution in [3.63, 3.8) is 0 Å². The molecule has 0 bridgehead atoms. The van der Waals surface area contributed by atoms with Crippen molar-refractivity contribution in [2.45, 2.75) is 12.8 Å². The van der Waals surface area contributed by atoms with E-state index in [0.29, 0.717) is 5.56 Å². The Morgan fingerprint density at radius 3 is 2.61 bits per heavy atom. The van der Waals surface area contributed by atoms with Crippen LogP contribution in [0.4, 0.5) is 4.39 Å². The standard InChI is InChI=1S/C17H17FN2O3/c18-13-6-2-1-5-12(13)14-7-8-15(23-14)17(22)19-11-16(21)20-9-3-4-10-20/h1-2,5-8H,3-4,9-11H2,(H,19,22). The average molecular weight is 316 g/mol. The first-order valence-corrected chi connectivity index (χ1v) is 7.56. The summed E-state index contributed by atoms with van der Waals surface area (Å²) >= 11 is 0. The second-order valence-corrected chi connectivity index (χ2v) is 5.41. The molecule has 5 nitrogen and oxygen atoms in total. The van der Waals surface area contributed by atoms with Crippen LogP contribution in [0.3, 0.4) is 0 Å². The molecule has 1 aliphatic rings. The summed E-state index contributed by atoms with van der Waals surface area (Å²) in [6.07, 6.45) is 2.01. The molecule has 0 atom stereocenters. The molecule has 1 aliphatic heterocycles. The number of likely N-dealkylation sites (tertiary alicyclic amines) is 1. The van der Waals surface area contributed by atoms with E-state index in [2.05, 4.69) is 5.32 Å². The summed E-state index contributed by atoms with van der Waals surface area (Å²) < 4.78 is 19.1. The minimum Gasteiger partial charge on any atom is -0.451 e. The molecule has 120 valence electrons. The van der Waals surface area contributed by atoms with Crippen LogP contribution in [0.1, 0.15) is 23.4 Å². The maximum Gasteiger partial charge on any atom is 0.287 e. The van der Waals surface area contributed by atoms with Gasteiger partial charge < -0.3 is 14.6 Å². The van der Waals surface area contributed by atoms with E-state index in [0.717, 1.165) is 25.9 Å². The monoisotopic (exact) mass is 316 g/mol. The lowest BCUT2D eigenvalue weighted by molar-refractivity contribution is -0.129. The van der Waals surface area contributed by atoms with Crippen LogP contribution in [0.15, 0.2) is 40.8 Å². The van der Waals surface area contributed by atoms with Gasteiger partial charge in [-0.05, 0) is 37.1 Å². The smallest absolute Gasteiger partial charge is 0.287 e. The Bertz CT molecular complexity index is 720. The average Bonchev–Trinajstić information content (AvgIpc) is 3.24. The molecule has 0 spiro atoms. The lowest BCUT2D eigenvalue weighted by atomic mass is 10.1. The van der Waals surface area contributed by atoms with Gasteiger partial charge in [0.2, 0.25) is 5.91 Å². The van der Waals surface area contributed by atoms with E-state index in [-0.39, 0.29) is 24.0 Å². The molecule has 0 unspecified atom stereocenters. The fourth-order valence-electron chi connectivity index (χ4n) is 2.59. The van der Waals surface area contributed by atoms with Crippen molar-refractivity contribution in [2.24, 2.45) is 0 Å². The van der Waals surface area contributed by atoms with Crippen molar-refractivity contribution < 1.29 is 18.4 Å². The molecule has 0 radical (unpaired) electrons. The number of hydrogen-bond donors (Lipinski definition) is 1. The van der Waals surface area contributed by atoms with Gasteiger partial charge >= 0.3 is 0 Å². The lowest BCUT2D eigenvalue weighted by Crippen LogP contribution is -2.38. The Kier molecular flexibility index (Phi) is 4.41. The van der Waals surface area contributed by atoms with Gasteiger partial charge in [0.05, 0.1) is 12.1 Å². The molecule has 1 aromatic heterocycles. The summed E-state index contributed by atoms with van der Waals surface area (Å²) in [6, 6.07) is 9.18. The summed E-state index contributed by atoms with van der Waals surface area (Å²) in [7, 11) is 0. The topological polar surface area (TPSA) is 62.6 Å². The second-order valence-electron chi connectivity index (χ2n) is 5.41. The highest BCUT2D eigenvalue weighted by atomic mass is 19.1. The Hall–Kier alpha value is -2.63. The third-order valence-electron chi connectivity index (χ3n) is 3.83. The lowest BCUT2D eigenvalue weighted by Gasteiger charge is -2.14. The third-order valence-corrected chi connectivity index (χ3v) is 3.83. The van der Waals surface area contributed by atoms with Crippen LogP contribution >= 0.6 is 0 Å². The van der Waals surface area contributed by atoms with Crippen LogP contribution < -0.4 is 5.32 Å². The predicted molar refractivity (Wildman–Crippen MR) is 82.2 cm³/mol. The number of rotatable bonds is 4. The molecule has 0 aliphatic carbocycles. The van der Waals surface area contributed by atoms with E-state index in [4.69, 9.17) is 4.42 Å². The quantitative estimate of drug-likeness (QED) is 0.942. The molecule has 6 heteroatoms. The highest BCUT2D eigenvalue weighted by Gasteiger charge is 2.19. The van der Waals surface area contributed by atoms with Gasteiger partial charge in [-0.15, -0.1) is 0 Å². The molecule has 23 heavy (non-hydrogen) atoms. The number of benzene rings is 1. The van der Waals surface area contributed by atoms with Gasteiger partial charge in [0.15, 0.2) is 5.76 Å². The fraction of sp³-hybridized carbons (Fsp3) is 0.294. The molecule has 1 aromatic carbocycles. The molecule has 1 fully saturated rings. The molecular weight excluding hydrogens is 299 g/mol. The fourth-order valence-corrected chi connectivity index (χ4v) is 2.59. The van der Waals surface area contributed by atoms with E-state index in [1.54, 1.807) is 23.1 Å². The number of halogens is 1. The van der Waals surface area contributed by atoms with Crippen molar-refractivity contribution in [1.82, 2.24) is 10.2 Å².